The number of rotatable bonds is 4. The maximum Gasteiger partial charge on any atom is 0.321 e. The molecular weight excluding hydrogens is 374 g/mol. The van der Waals surface area contributed by atoms with Crippen LogP contribution in [0.25, 0.3) is 32.6 Å². The van der Waals surface area contributed by atoms with Gasteiger partial charge in [-0.2, -0.15) is 0 Å². The Morgan fingerprint density at radius 2 is 1.96 bits per heavy atom. The van der Waals surface area contributed by atoms with Crippen LogP contribution in [-0.2, 0) is 0 Å². The van der Waals surface area contributed by atoms with Gasteiger partial charge in [-0.1, -0.05) is 17.4 Å². The molecule has 0 spiro atoms. The number of nitrogens with one attached hydrogen (secondary N) is 2. The fourth-order valence-electron chi connectivity index (χ4n) is 2.75. The van der Waals surface area contributed by atoms with Crippen LogP contribution >= 0.6 is 11.3 Å². The number of fused-ring (bicyclic) bond motifs is 1. The molecule has 140 valence electrons. The van der Waals surface area contributed by atoms with Gasteiger partial charge in [0.2, 0.25) is 5.95 Å². The lowest BCUT2D eigenvalue weighted by atomic mass is 10.0. The van der Waals surface area contributed by atoms with Crippen LogP contribution in [0.15, 0.2) is 48.9 Å². The summed E-state index contributed by atoms with van der Waals surface area (Å²) in [4.78, 5) is 29.1. The first-order valence-corrected chi connectivity index (χ1v) is 9.44. The average Bonchev–Trinajstić information content (AvgIpc) is 3.10. The SMILES string of the molecule is CCNC(=O)Nc1nc2cc(-c3cnc(N)nc3)cc(-c3ccccn3)c2s1. The van der Waals surface area contributed by atoms with E-state index >= 15 is 0 Å². The Labute approximate surface area is 164 Å². The average molecular weight is 391 g/mol. The summed E-state index contributed by atoms with van der Waals surface area (Å²) in [6, 6.07) is 9.42. The maximum atomic E-state index is 11.9. The molecule has 0 bridgehead atoms. The second-order valence-electron chi connectivity index (χ2n) is 5.92. The van der Waals surface area contributed by atoms with Crippen molar-refractivity contribution in [2.45, 2.75) is 6.92 Å². The molecule has 0 aliphatic heterocycles. The number of nitrogen functional groups attached to an aromatic ring is 1. The van der Waals surface area contributed by atoms with Crippen LogP contribution in [0.5, 0.6) is 0 Å². The van der Waals surface area contributed by atoms with Crippen molar-refractivity contribution in [2.24, 2.45) is 0 Å². The largest absolute Gasteiger partial charge is 0.368 e. The maximum absolute atomic E-state index is 11.9. The monoisotopic (exact) mass is 391 g/mol. The van der Waals surface area contributed by atoms with E-state index in [0.717, 1.165) is 32.6 Å². The molecule has 0 aliphatic rings. The molecule has 0 atom stereocenters. The van der Waals surface area contributed by atoms with Crippen LogP contribution in [0.2, 0.25) is 0 Å². The van der Waals surface area contributed by atoms with Gasteiger partial charge < -0.3 is 11.1 Å². The predicted octanol–water partition coefficient (Wildman–Crippen LogP) is 3.54. The number of carbonyl (C=O) groups excluding carboxylic acids is 1. The number of nitrogens with two attached hydrogens (primary N) is 1. The van der Waals surface area contributed by atoms with Crippen molar-refractivity contribution in [1.29, 1.82) is 0 Å². The second-order valence-corrected chi connectivity index (χ2v) is 6.92. The van der Waals surface area contributed by atoms with Gasteiger partial charge >= 0.3 is 6.03 Å². The van der Waals surface area contributed by atoms with E-state index < -0.39 is 0 Å². The number of hydrogen-bond acceptors (Lipinski definition) is 7. The molecule has 2 amide bonds. The lowest BCUT2D eigenvalue weighted by Crippen LogP contribution is -2.28. The number of nitrogens with zero attached hydrogens (tertiary/aromatic N) is 4. The van der Waals surface area contributed by atoms with E-state index in [1.807, 2.05) is 37.3 Å². The summed E-state index contributed by atoms with van der Waals surface area (Å²) in [5.74, 6) is 0.219. The molecule has 9 heteroatoms. The zero-order chi connectivity index (χ0) is 19.5. The minimum atomic E-state index is -0.284. The Morgan fingerprint density at radius 3 is 2.68 bits per heavy atom. The van der Waals surface area contributed by atoms with Gasteiger partial charge in [0.15, 0.2) is 5.13 Å². The first-order chi connectivity index (χ1) is 13.6. The zero-order valence-corrected chi connectivity index (χ0v) is 15.8. The molecule has 4 aromatic rings. The number of thiazole rings is 1. The Balaban J connectivity index is 1.86. The fourth-order valence-corrected chi connectivity index (χ4v) is 3.72. The molecule has 1 aromatic carbocycles. The molecule has 28 heavy (non-hydrogen) atoms. The Morgan fingerprint density at radius 1 is 1.14 bits per heavy atom. The van der Waals surface area contributed by atoms with Crippen LogP contribution in [0.3, 0.4) is 0 Å². The first-order valence-electron chi connectivity index (χ1n) is 8.63. The third-order valence-electron chi connectivity index (χ3n) is 3.99. The molecule has 0 saturated carbocycles. The number of carbonyl (C=O) groups is 1. The summed E-state index contributed by atoms with van der Waals surface area (Å²) in [7, 11) is 0. The van der Waals surface area contributed by atoms with Gasteiger partial charge in [-0.05, 0) is 36.8 Å². The van der Waals surface area contributed by atoms with Crippen molar-refractivity contribution in [1.82, 2.24) is 25.3 Å². The molecule has 0 aliphatic carbocycles. The van der Waals surface area contributed by atoms with Crippen molar-refractivity contribution < 1.29 is 4.79 Å². The molecule has 0 radical (unpaired) electrons. The summed E-state index contributed by atoms with van der Waals surface area (Å²) in [6.07, 6.45) is 5.09. The third-order valence-corrected chi connectivity index (χ3v) is 5.01. The van der Waals surface area contributed by atoms with Crippen molar-refractivity contribution in [3.05, 3.63) is 48.9 Å². The van der Waals surface area contributed by atoms with Crippen molar-refractivity contribution in [2.75, 3.05) is 17.6 Å². The van der Waals surface area contributed by atoms with Gasteiger partial charge in [-0.15, -0.1) is 0 Å². The highest BCUT2D eigenvalue weighted by atomic mass is 32.1. The summed E-state index contributed by atoms with van der Waals surface area (Å²) in [5, 5.41) is 5.99. The van der Waals surface area contributed by atoms with Gasteiger partial charge in [0.05, 0.1) is 15.9 Å². The Hall–Kier alpha value is -3.59. The normalized spacial score (nSPS) is 10.8. The van der Waals surface area contributed by atoms with Gasteiger partial charge in [-0.3, -0.25) is 10.3 Å². The summed E-state index contributed by atoms with van der Waals surface area (Å²) in [6.45, 7) is 2.40. The van der Waals surface area contributed by atoms with Crippen molar-refractivity contribution >= 4 is 38.7 Å². The lowest BCUT2D eigenvalue weighted by molar-refractivity contribution is 0.252. The number of aromatic nitrogens is 4. The molecular formula is C19H17N7OS. The highest BCUT2D eigenvalue weighted by molar-refractivity contribution is 7.22. The second kappa shape index (κ2) is 7.57. The number of benzene rings is 1. The fraction of sp³-hybridized carbons (Fsp3) is 0.105. The van der Waals surface area contributed by atoms with Gasteiger partial charge in [-0.25, -0.2) is 19.7 Å². The lowest BCUT2D eigenvalue weighted by Gasteiger charge is -2.06. The molecule has 8 nitrogen and oxygen atoms in total. The molecule has 0 saturated heterocycles. The van der Waals surface area contributed by atoms with Crippen LogP contribution in [0, 0.1) is 0 Å². The van der Waals surface area contributed by atoms with E-state index in [1.165, 1.54) is 11.3 Å². The van der Waals surface area contributed by atoms with Crippen LogP contribution in [-0.4, -0.2) is 32.5 Å². The summed E-state index contributed by atoms with van der Waals surface area (Å²) >= 11 is 1.40. The molecule has 4 N–H and O–H groups in total. The molecule has 0 fully saturated rings. The highest BCUT2D eigenvalue weighted by Crippen LogP contribution is 2.37. The van der Waals surface area contributed by atoms with E-state index in [4.69, 9.17) is 5.73 Å². The zero-order valence-electron chi connectivity index (χ0n) is 15.0. The summed E-state index contributed by atoms with van der Waals surface area (Å²) < 4.78 is 0.936. The number of anilines is 2. The van der Waals surface area contributed by atoms with Gasteiger partial charge in [0.1, 0.15) is 0 Å². The summed E-state index contributed by atoms with van der Waals surface area (Å²) in [5.41, 5.74) is 9.81. The third kappa shape index (κ3) is 3.60. The van der Waals surface area contributed by atoms with Crippen molar-refractivity contribution in [3.8, 4) is 22.4 Å². The minimum Gasteiger partial charge on any atom is -0.368 e. The van der Waals surface area contributed by atoms with E-state index in [-0.39, 0.29) is 12.0 Å². The molecule has 3 heterocycles. The van der Waals surface area contributed by atoms with Gasteiger partial charge in [0, 0.05) is 36.3 Å². The first kappa shape index (κ1) is 17.8. The van der Waals surface area contributed by atoms with Crippen molar-refractivity contribution in [3.63, 3.8) is 0 Å². The van der Waals surface area contributed by atoms with E-state index in [2.05, 4.69) is 30.6 Å². The smallest absolute Gasteiger partial charge is 0.321 e. The Kier molecular flexibility index (Phi) is 4.81. The number of pyridine rings is 1. The van der Waals surface area contributed by atoms with E-state index in [0.29, 0.717) is 11.7 Å². The Bertz CT molecular complexity index is 1130. The standard InChI is InChI=1S/C19H17N7OS/c1-2-21-18(27)26-19-25-15-8-11(12-9-23-17(20)24-10-12)7-13(16(15)28-19)14-5-3-4-6-22-14/h3-10H,2H2,1H3,(H2,20,23,24)(H2,21,25,26,27). The topological polar surface area (TPSA) is 119 Å². The van der Waals surface area contributed by atoms with Crippen LogP contribution in [0.4, 0.5) is 15.9 Å². The molecule has 3 aromatic heterocycles. The minimum absolute atomic E-state index is 0.219. The van der Waals surface area contributed by atoms with Gasteiger partial charge in [0.25, 0.3) is 0 Å². The van der Waals surface area contributed by atoms with Crippen LogP contribution in [0.1, 0.15) is 6.92 Å². The van der Waals surface area contributed by atoms with Crippen LogP contribution < -0.4 is 16.4 Å². The molecule has 0 unspecified atom stereocenters. The highest BCUT2D eigenvalue weighted by Gasteiger charge is 2.15. The molecule has 4 rings (SSSR count). The van der Waals surface area contributed by atoms with E-state index in [1.54, 1.807) is 18.6 Å². The van der Waals surface area contributed by atoms with E-state index in [9.17, 15) is 4.79 Å². The number of amides is 2. The number of urea groups is 1. The quantitative estimate of drug-likeness (QED) is 0.490. The number of hydrogen-bond donors (Lipinski definition) is 3. The predicted molar refractivity (Wildman–Crippen MR) is 111 cm³/mol.